The van der Waals surface area contributed by atoms with E-state index < -0.39 is 20.7 Å². The van der Waals surface area contributed by atoms with E-state index in [1.165, 1.54) is 23.9 Å². The fraction of sp³-hybridized carbons (Fsp3) is 0.235. The van der Waals surface area contributed by atoms with E-state index in [1.54, 1.807) is 30.3 Å². The number of hydrogen-bond donors (Lipinski definition) is 0. The smallest absolute Gasteiger partial charge is 0.338 e. The van der Waals surface area contributed by atoms with Gasteiger partial charge >= 0.3 is 5.97 Å². The van der Waals surface area contributed by atoms with E-state index in [-0.39, 0.29) is 28.2 Å². The zero-order chi connectivity index (χ0) is 18.7. The summed E-state index contributed by atoms with van der Waals surface area (Å²) in [6.45, 7) is 0.150. The number of carbonyl (C=O) groups is 1. The maximum atomic E-state index is 12.2. The number of carbonyl (C=O) groups excluding carboxylic acids is 1. The summed E-state index contributed by atoms with van der Waals surface area (Å²) in [5.74, 6) is -0.114. The second-order valence-corrected chi connectivity index (χ2v) is 8.94. The summed E-state index contributed by atoms with van der Waals surface area (Å²) < 4.78 is 29.7. The number of fused-ring (bicyclic) bond motifs is 1. The van der Waals surface area contributed by atoms with Gasteiger partial charge < -0.3 is 4.74 Å². The number of nitro groups is 1. The second kappa shape index (κ2) is 7.46. The third-order valence-corrected chi connectivity index (χ3v) is 7.14. The molecule has 0 spiro atoms. The quantitative estimate of drug-likeness (QED) is 0.322. The SMILES string of the molecule is O=C(OCCS[C@H]1CS(=O)(=O)c2cc([N+](=O)[O-])ccc21)c1ccccc1. The van der Waals surface area contributed by atoms with Crippen molar-refractivity contribution in [3.05, 3.63) is 69.8 Å². The van der Waals surface area contributed by atoms with Gasteiger partial charge in [0.25, 0.3) is 5.69 Å². The van der Waals surface area contributed by atoms with Crippen LogP contribution in [0.3, 0.4) is 0 Å². The predicted octanol–water partition coefficient (Wildman–Crippen LogP) is 3.01. The molecule has 3 rings (SSSR count). The Morgan fingerprint density at radius 2 is 1.96 bits per heavy atom. The molecular weight excluding hydrogens is 378 g/mol. The van der Waals surface area contributed by atoms with Crippen molar-refractivity contribution < 1.29 is 22.9 Å². The summed E-state index contributed by atoms with van der Waals surface area (Å²) in [7, 11) is -3.54. The highest BCUT2D eigenvalue weighted by molar-refractivity contribution is 8.01. The van der Waals surface area contributed by atoms with E-state index >= 15 is 0 Å². The Labute approximate surface area is 154 Å². The lowest BCUT2D eigenvalue weighted by molar-refractivity contribution is -0.385. The van der Waals surface area contributed by atoms with Crippen LogP contribution in [0, 0.1) is 10.1 Å². The molecule has 7 nitrogen and oxygen atoms in total. The van der Waals surface area contributed by atoms with E-state index in [0.717, 1.165) is 6.07 Å². The lowest BCUT2D eigenvalue weighted by atomic mass is 10.1. The van der Waals surface area contributed by atoms with Crippen molar-refractivity contribution in [1.29, 1.82) is 0 Å². The van der Waals surface area contributed by atoms with Gasteiger partial charge in [-0.2, -0.15) is 0 Å². The molecule has 0 saturated carbocycles. The lowest BCUT2D eigenvalue weighted by Crippen LogP contribution is -2.09. The van der Waals surface area contributed by atoms with Crippen LogP contribution >= 0.6 is 11.8 Å². The van der Waals surface area contributed by atoms with Gasteiger partial charge in [-0.05, 0) is 23.8 Å². The first-order chi connectivity index (χ1) is 12.4. The minimum atomic E-state index is -3.54. The molecule has 0 unspecified atom stereocenters. The number of nitro benzene ring substituents is 1. The highest BCUT2D eigenvalue weighted by Crippen LogP contribution is 2.43. The molecule has 1 aliphatic rings. The standard InChI is InChI=1S/C17H15NO6S2/c19-17(12-4-2-1-3-5-12)24-8-9-25-15-11-26(22,23)16-10-13(18(20)21)6-7-14(15)16/h1-7,10,15H,8-9,11H2/t15-/m0/s1. The molecule has 2 aromatic carbocycles. The number of rotatable bonds is 6. The third kappa shape index (κ3) is 3.88. The molecule has 0 aliphatic carbocycles. The summed E-state index contributed by atoms with van der Waals surface area (Å²) in [6, 6.07) is 12.5. The number of ether oxygens (including phenoxy) is 1. The van der Waals surface area contributed by atoms with Crippen molar-refractivity contribution in [2.24, 2.45) is 0 Å². The first kappa shape index (κ1) is 18.4. The predicted molar refractivity (Wildman–Crippen MR) is 97.1 cm³/mol. The van der Waals surface area contributed by atoms with Gasteiger partial charge in [0.15, 0.2) is 9.84 Å². The van der Waals surface area contributed by atoms with Crippen LogP contribution < -0.4 is 0 Å². The van der Waals surface area contributed by atoms with Crippen molar-refractivity contribution in [2.75, 3.05) is 18.1 Å². The summed E-state index contributed by atoms with van der Waals surface area (Å²) in [6.07, 6.45) is 0. The minimum absolute atomic E-state index is 0.0190. The molecule has 0 aromatic heterocycles. The molecule has 0 saturated heterocycles. The first-order valence-corrected chi connectivity index (χ1v) is 10.4. The highest BCUT2D eigenvalue weighted by atomic mass is 32.2. The van der Waals surface area contributed by atoms with Crippen LogP contribution in [-0.4, -0.2) is 37.4 Å². The van der Waals surface area contributed by atoms with Crippen LogP contribution in [0.25, 0.3) is 0 Å². The molecule has 0 N–H and O–H groups in total. The van der Waals surface area contributed by atoms with Crippen molar-refractivity contribution >= 4 is 33.3 Å². The fourth-order valence-electron chi connectivity index (χ4n) is 2.67. The van der Waals surface area contributed by atoms with Crippen molar-refractivity contribution in [3.63, 3.8) is 0 Å². The van der Waals surface area contributed by atoms with E-state index in [9.17, 15) is 23.3 Å². The number of sulfone groups is 1. The molecule has 136 valence electrons. The topological polar surface area (TPSA) is 104 Å². The number of nitrogens with zero attached hydrogens (tertiary/aromatic N) is 1. The normalized spacial score (nSPS) is 17.5. The van der Waals surface area contributed by atoms with E-state index in [4.69, 9.17) is 4.74 Å². The van der Waals surface area contributed by atoms with Gasteiger partial charge in [0.05, 0.1) is 21.1 Å². The number of benzene rings is 2. The van der Waals surface area contributed by atoms with Crippen molar-refractivity contribution in [2.45, 2.75) is 10.1 Å². The number of thioether (sulfide) groups is 1. The van der Waals surface area contributed by atoms with Crippen LogP contribution in [-0.2, 0) is 14.6 Å². The number of esters is 1. The van der Waals surface area contributed by atoms with E-state index in [2.05, 4.69) is 0 Å². The Kier molecular flexibility index (Phi) is 5.28. The number of non-ortho nitro benzene ring substituents is 1. The molecular formula is C17H15NO6S2. The molecule has 0 amide bonds. The molecule has 0 fully saturated rings. The molecule has 1 atom stereocenters. The Morgan fingerprint density at radius 1 is 1.23 bits per heavy atom. The Bertz CT molecular complexity index is 943. The summed E-state index contributed by atoms with van der Waals surface area (Å²) in [4.78, 5) is 22.1. The molecule has 26 heavy (non-hydrogen) atoms. The van der Waals surface area contributed by atoms with Crippen LogP contribution in [0.15, 0.2) is 53.4 Å². The monoisotopic (exact) mass is 393 g/mol. The van der Waals surface area contributed by atoms with E-state index in [1.807, 2.05) is 0 Å². The van der Waals surface area contributed by atoms with Gasteiger partial charge in [-0.25, -0.2) is 13.2 Å². The zero-order valence-corrected chi connectivity index (χ0v) is 15.2. The highest BCUT2D eigenvalue weighted by Gasteiger charge is 2.36. The van der Waals surface area contributed by atoms with Crippen molar-refractivity contribution in [1.82, 2.24) is 0 Å². The zero-order valence-electron chi connectivity index (χ0n) is 13.5. The first-order valence-electron chi connectivity index (χ1n) is 7.73. The summed E-state index contributed by atoms with van der Waals surface area (Å²) >= 11 is 1.35. The Balaban J connectivity index is 1.60. The Morgan fingerprint density at radius 3 is 2.65 bits per heavy atom. The van der Waals surface area contributed by atoms with Crippen LogP contribution in [0.4, 0.5) is 5.69 Å². The Hall–Kier alpha value is -2.39. The molecule has 0 bridgehead atoms. The summed E-state index contributed by atoms with van der Waals surface area (Å²) in [5.41, 5.74) is 0.781. The van der Waals surface area contributed by atoms with Gasteiger partial charge in [0.1, 0.15) is 6.61 Å². The largest absolute Gasteiger partial charge is 0.461 e. The average molecular weight is 393 g/mol. The maximum Gasteiger partial charge on any atom is 0.338 e. The molecule has 9 heteroatoms. The molecule has 1 heterocycles. The second-order valence-electron chi connectivity index (χ2n) is 5.62. The van der Waals surface area contributed by atoms with Crippen LogP contribution in [0.5, 0.6) is 0 Å². The van der Waals surface area contributed by atoms with Gasteiger partial charge in [-0.3, -0.25) is 10.1 Å². The van der Waals surface area contributed by atoms with Crippen LogP contribution in [0.2, 0.25) is 0 Å². The van der Waals surface area contributed by atoms with Gasteiger partial charge in [-0.1, -0.05) is 18.2 Å². The van der Waals surface area contributed by atoms with E-state index in [0.29, 0.717) is 16.9 Å². The molecule has 0 radical (unpaired) electrons. The molecule has 2 aromatic rings. The van der Waals surface area contributed by atoms with Crippen molar-refractivity contribution in [3.8, 4) is 0 Å². The van der Waals surface area contributed by atoms with Crippen LogP contribution in [0.1, 0.15) is 21.2 Å². The average Bonchev–Trinajstić information content (AvgIpc) is 2.89. The lowest BCUT2D eigenvalue weighted by Gasteiger charge is -2.10. The third-order valence-electron chi connectivity index (χ3n) is 3.91. The molecule has 1 aliphatic heterocycles. The maximum absolute atomic E-state index is 12.2. The summed E-state index contributed by atoms with van der Waals surface area (Å²) in [5, 5.41) is 10.5. The fourth-order valence-corrected chi connectivity index (χ4v) is 6.14. The van der Waals surface area contributed by atoms with Gasteiger partial charge in [0.2, 0.25) is 0 Å². The van der Waals surface area contributed by atoms with Gasteiger partial charge in [-0.15, -0.1) is 11.8 Å². The minimum Gasteiger partial charge on any atom is -0.461 e. The van der Waals surface area contributed by atoms with Gasteiger partial charge in [0, 0.05) is 23.1 Å². The number of hydrogen-bond acceptors (Lipinski definition) is 7.